The van der Waals surface area contributed by atoms with Crippen LogP contribution in [0.5, 0.6) is 0 Å². The minimum Gasteiger partial charge on any atom is -0.382 e. The van der Waals surface area contributed by atoms with Gasteiger partial charge in [0.15, 0.2) is 0 Å². The van der Waals surface area contributed by atoms with Gasteiger partial charge in [0.1, 0.15) is 5.82 Å². The fourth-order valence-electron chi connectivity index (χ4n) is 2.08. The van der Waals surface area contributed by atoms with Gasteiger partial charge in [0.25, 0.3) is 5.91 Å². The van der Waals surface area contributed by atoms with Gasteiger partial charge in [-0.15, -0.1) is 0 Å². The lowest BCUT2D eigenvalue weighted by Crippen LogP contribution is -2.17. The number of hydrogen-bond acceptors (Lipinski definition) is 4. The average Bonchev–Trinajstić information content (AvgIpc) is 2.71. The van der Waals surface area contributed by atoms with E-state index in [1.807, 2.05) is 7.05 Å². The molecular formula is C13H24N4O2. The first-order chi connectivity index (χ1) is 9.01. The molecule has 1 heterocycles. The predicted molar refractivity (Wildman–Crippen MR) is 75.3 cm³/mol. The van der Waals surface area contributed by atoms with Crippen LogP contribution < -0.4 is 11.1 Å². The molecule has 0 aliphatic carbocycles. The summed E-state index contributed by atoms with van der Waals surface area (Å²) in [4.78, 5) is 15.5. The lowest BCUT2D eigenvalue weighted by molar-refractivity contribution is 0.0987. The Hall–Kier alpha value is -1.56. The third kappa shape index (κ3) is 3.96. The van der Waals surface area contributed by atoms with E-state index < -0.39 is 5.91 Å². The first-order valence-electron chi connectivity index (χ1n) is 6.57. The zero-order chi connectivity index (χ0) is 14.4. The summed E-state index contributed by atoms with van der Waals surface area (Å²) < 4.78 is 6.99. The van der Waals surface area contributed by atoms with E-state index in [1.54, 1.807) is 18.7 Å². The number of methoxy groups -OCH3 is 1. The maximum absolute atomic E-state index is 11.3. The zero-order valence-electron chi connectivity index (χ0n) is 12.2. The Morgan fingerprint density at radius 1 is 1.53 bits per heavy atom. The number of nitrogens with zero attached hydrogens (tertiary/aromatic N) is 2. The number of amides is 1. The Kier molecular flexibility index (Phi) is 5.82. The second-order valence-electron chi connectivity index (χ2n) is 4.70. The SMILES string of the molecule is CNc1nc(C(N)=O)n(C)c1CCCCC(C)OC. The van der Waals surface area contributed by atoms with Crippen LogP contribution in [0.25, 0.3) is 0 Å². The van der Waals surface area contributed by atoms with Crippen LogP contribution in [0.15, 0.2) is 0 Å². The minimum atomic E-state index is -0.502. The van der Waals surface area contributed by atoms with Gasteiger partial charge in [0, 0.05) is 21.2 Å². The highest BCUT2D eigenvalue weighted by atomic mass is 16.5. The topological polar surface area (TPSA) is 82.2 Å². The van der Waals surface area contributed by atoms with E-state index in [-0.39, 0.29) is 6.10 Å². The van der Waals surface area contributed by atoms with E-state index in [1.165, 1.54) is 0 Å². The van der Waals surface area contributed by atoms with Crippen molar-refractivity contribution in [1.29, 1.82) is 0 Å². The molecule has 1 atom stereocenters. The quantitative estimate of drug-likeness (QED) is 0.696. The number of hydrogen-bond donors (Lipinski definition) is 2. The van der Waals surface area contributed by atoms with Gasteiger partial charge in [-0.3, -0.25) is 4.79 Å². The number of nitrogens with one attached hydrogen (secondary N) is 1. The number of anilines is 1. The number of nitrogens with two attached hydrogens (primary N) is 1. The Morgan fingerprint density at radius 2 is 2.21 bits per heavy atom. The zero-order valence-corrected chi connectivity index (χ0v) is 12.2. The lowest BCUT2D eigenvalue weighted by atomic mass is 10.1. The fourth-order valence-corrected chi connectivity index (χ4v) is 2.08. The van der Waals surface area contributed by atoms with Gasteiger partial charge < -0.3 is 20.4 Å². The number of carbonyl (C=O) groups is 1. The molecule has 3 N–H and O–H groups in total. The molecule has 108 valence electrons. The van der Waals surface area contributed by atoms with E-state index in [0.29, 0.717) is 5.82 Å². The van der Waals surface area contributed by atoms with Crippen molar-refractivity contribution in [1.82, 2.24) is 9.55 Å². The van der Waals surface area contributed by atoms with Crippen molar-refractivity contribution >= 4 is 11.7 Å². The Balaban J connectivity index is 2.64. The standard InChI is InChI=1S/C13H24N4O2/c1-9(19-4)7-5-6-8-10-12(15-2)16-13(11(14)18)17(10)3/h9,15H,5-8H2,1-4H3,(H2,14,18). The highest BCUT2D eigenvalue weighted by Crippen LogP contribution is 2.18. The molecule has 1 amide bonds. The summed E-state index contributed by atoms with van der Waals surface area (Å²) in [7, 11) is 5.34. The van der Waals surface area contributed by atoms with Crippen LogP contribution in [-0.4, -0.2) is 35.7 Å². The molecule has 6 nitrogen and oxygen atoms in total. The molecule has 0 aromatic carbocycles. The number of ether oxygens (including phenoxy) is 1. The second kappa shape index (κ2) is 7.13. The largest absolute Gasteiger partial charge is 0.382 e. The molecule has 0 bridgehead atoms. The van der Waals surface area contributed by atoms with Gasteiger partial charge >= 0.3 is 0 Å². The van der Waals surface area contributed by atoms with E-state index in [0.717, 1.165) is 37.2 Å². The molecule has 1 aromatic heterocycles. The molecule has 0 saturated carbocycles. The van der Waals surface area contributed by atoms with Crippen LogP contribution in [0.1, 0.15) is 42.5 Å². The second-order valence-corrected chi connectivity index (χ2v) is 4.70. The van der Waals surface area contributed by atoms with Crippen molar-refractivity contribution < 1.29 is 9.53 Å². The number of primary amides is 1. The molecule has 0 spiro atoms. The Bertz CT molecular complexity index is 429. The molecule has 6 heteroatoms. The van der Waals surface area contributed by atoms with E-state index in [4.69, 9.17) is 10.5 Å². The minimum absolute atomic E-state index is 0.288. The molecule has 0 saturated heterocycles. The van der Waals surface area contributed by atoms with Gasteiger partial charge in [-0.05, 0) is 26.2 Å². The molecule has 0 aliphatic rings. The summed E-state index contributed by atoms with van der Waals surface area (Å²) in [6.45, 7) is 2.06. The van der Waals surface area contributed by atoms with Crippen LogP contribution in [0, 0.1) is 0 Å². The predicted octanol–water partition coefficient (Wildman–Crippen LogP) is 1.31. The number of rotatable bonds is 8. The molecule has 0 fully saturated rings. The molecule has 1 rings (SSSR count). The normalized spacial score (nSPS) is 12.4. The fraction of sp³-hybridized carbons (Fsp3) is 0.692. The maximum atomic E-state index is 11.3. The lowest BCUT2D eigenvalue weighted by Gasteiger charge is -2.09. The number of aromatic nitrogens is 2. The summed E-state index contributed by atoms with van der Waals surface area (Å²) in [5, 5.41) is 3.01. The first-order valence-corrected chi connectivity index (χ1v) is 6.57. The monoisotopic (exact) mass is 268 g/mol. The van der Waals surface area contributed by atoms with E-state index in [2.05, 4.69) is 17.2 Å². The molecule has 1 aromatic rings. The van der Waals surface area contributed by atoms with Crippen LogP contribution in [0.3, 0.4) is 0 Å². The number of unbranched alkanes of at least 4 members (excludes halogenated alkanes) is 1. The van der Waals surface area contributed by atoms with E-state index >= 15 is 0 Å². The summed E-state index contributed by atoms with van der Waals surface area (Å²) in [5.41, 5.74) is 6.31. The van der Waals surface area contributed by atoms with Crippen LogP contribution in [0.4, 0.5) is 5.82 Å². The molecular weight excluding hydrogens is 244 g/mol. The van der Waals surface area contributed by atoms with Crippen LogP contribution in [0.2, 0.25) is 0 Å². The average molecular weight is 268 g/mol. The highest BCUT2D eigenvalue weighted by molar-refractivity contribution is 5.90. The Morgan fingerprint density at radius 3 is 2.74 bits per heavy atom. The Labute approximate surface area is 114 Å². The van der Waals surface area contributed by atoms with Crippen molar-refractivity contribution in [2.24, 2.45) is 12.8 Å². The third-order valence-corrected chi connectivity index (χ3v) is 3.35. The summed E-state index contributed by atoms with van der Waals surface area (Å²) in [6.07, 6.45) is 4.29. The van der Waals surface area contributed by atoms with Crippen molar-refractivity contribution in [3.8, 4) is 0 Å². The van der Waals surface area contributed by atoms with Crippen LogP contribution >= 0.6 is 0 Å². The van der Waals surface area contributed by atoms with Crippen molar-refractivity contribution in [2.75, 3.05) is 19.5 Å². The first kappa shape index (κ1) is 15.5. The summed E-state index contributed by atoms with van der Waals surface area (Å²) in [5.74, 6) is 0.527. The van der Waals surface area contributed by atoms with Gasteiger partial charge in [0.2, 0.25) is 5.82 Å². The van der Waals surface area contributed by atoms with Gasteiger partial charge in [0.05, 0.1) is 11.8 Å². The summed E-state index contributed by atoms with van der Waals surface area (Å²) >= 11 is 0. The maximum Gasteiger partial charge on any atom is 0.284 e. The number of imidazole rings is 1. The van der Waals surface area contributed by atoms with Crippen molar-refractivity contribution in [3.05, 3.63) is 11.5 Å². The van der Waals surface area contributed by atoms with E-state index in [9.17, 15) is 4.79 Å². The third-order valence-electron chi connectivity index (χ3n) is 3.35. The molecule has 0 aliphatic heterocycles. The summed E-state index contributed by atoms with van der Waals surface area (Å²) in [6, 6.07) is 0. The molecule has 1 unspecified atom stereocenters. The number of carbonyl (C=O) groups excluding carboxylic acids is 1. The van der Waals surface area contributed by atoms with Crippen molar-refractivity contribution in [3.63, 3.8) is 0 Å². The van der Waals surface area contributed by atoms with Gasteiger partial charge in [-0.1, -0.05) is 6.42 Å². The van der Waals surface area contributed by atoms with Crippen LogP contribution in [-0.2, 0) is 18.2 Å². The smallest absolute Gasteiger partial charge is 0.284 e. The van der Waals surface area contributed by atoms with Gasteiger partial charge in [-0.2, -0.15) is 0 Å². The highest BCUT2D eigenvalue weighted by Gasteiger charge is 2.16. The van der Waals surface area contributed by atoms with Crippen molar-refractivity contribution in [2.45, 2.75) is 38.7 Å². The molecule has 0 radical (unpaired) electrons. The molecule has 19 heavy (non-hydrogen) atoms. The van der Waals surface area contributed by atoms with Gasteiger partial charge in [-0.25, -0.2) is 4.98 Å².